The second kappa shape index (κ2) is 8.81. The Bertz CT molecular complexity index is 672. The lowest BCUT2D eigenvalue weighted by molar-refractivity contribution is -0.159. The van der Waals surface area contributed by atoms with Crippen LogP contribution in [0.1, 0.15) is 36.7 Å². The van der Waals surface area contributed by atoms with Gasteiger partial charge in [0.1, 0.15) is 6.04 Å². The number of aryl methyl sites for hydroxylation is 1. The molecule has 0 saturated heterocycles. The molecule has 0 aliphatic rings. The number of rotatable bonds is 6. The van der Waals surface area contributed by atoms with E-state index in [0.29, 0.717) is 5.56 Å². The highest BCUT2D eigenvalue weighted by Crippen LogP contribution is 2.09. The third kappa shape index (κ3) is 6.25. The average Bonchev–Trinajstić information content (AvgIpc) is 2.50. The number of primary amides is 1. The fraction of sp³-hybridized carbons (Fsp3) is 0.412. The molecule has 136 valence electrons. The summed E-state index contributed by atoms with van der Waals surface area (Å²) < 4.78 is 5.12. The molecular weight excluding hydrogens is 326 g/mol. The van der Waals surface area contributed by atoms with Crippen LogP contribution in [0.3, 0.4) is 0 Å². The van der Waals surface area contributed by atoms with E-state index in [1.807, 2.05) is 18.3 Å². The van der Waals surface area contributed by atoms with Gasteiger partial charge in [0.2, 0.25) is 0 Å². The van der Waals surface area contributed by atoms with E-state index < -0.39 is 36.0 Å². The largest absolute Gasteiger partial charge is 0.450 e. The monoisotopic (exact) mass is 349 g/mol. The van der Waals surface area contributed by atoms with Crippen molar-refractivity contribution in [3.63, 3.8) is 0 Å². The fourth-order valence-corrected chi connectivity index (χ4v) is 2.04. The van der Waals surface area contributed by atoms with Gasteiger partial charge < -0.3 is 15.8 Å². The number of hydrogen-bond donors (Lipinski definition) is 3. The van der Waals surface area contributed by atoms with Gasteiger partial charge in [-0.25, -0.2) is 9.59 Å². The number of amides is 4. The number of carbonyl (C=O) groups is 4. The molecule has 0 bridgehead atoms. The van der Waals surface area contributed by atoms with Crippen LogP contribution in [-0.4, -0.2) is 36.0 Å². The minimum Gasteiger partial charge on any atom is -0.450 e. The second-order valence-corrected chi connectivity index (χ2v) is 6.02. The third-order valence-electron chi connectivity index (χ3n) is 3.33. The van der Waals surface area contributed by atoms with E-state index in [1.54, 1.807) is 32.0 Å². The number of imide groups is 1. The lowest BCUT2D eigenvalue weighted by Gasteiger charge is -2.22. The summed E-state index contributed by atoms with van der Waals surface area (Å²) in [4.78, 5) is 46.9. The van der Waals surface area contributed by atoms with Crippen molar-refractivity contribution >= 4 is 23.8 Å². The van der Waals surface area contributed by atoms with Crippen LogP contribution in [0.5, 0.6) is 0 Å². The van der Waals surface area contributed by atoms with Crippen LogP contribution in [0.2, 0.25) is 0 Å². The third-order valence-corrected chi connectivity index (χ3v) is 3.33. The lowest BCUT2D eigenvalue weighted by atomic mass is 10.1. The van der Waals surface area contributed by atoms with Crippen molar-refractivity contribution in [1.82, 2.24) is 10.6 Å². The summed E-state index contributed by atoms with van der Waals surface area (Å²) in [5.41, 5.74) is 6.21. The van der Waals surface area contributed by atoms with Crippen LogP contribution < -0.4 is 16.4 Å². The number of hydrogen-bond acceptors (Lipinski definition) is 5. The molecule has 8 heteroatoms. The van der Waals surface area contributed by atoms with E-state index in [4.69, 9.17) is 10.5 Å². The SMILES string of the molecule is Cc1cccc(C(=O)N[C@@H](C)C(=O)O[C@H](C(=O)NC(N)=O)C(C)C)c1. The normalized spacial score (nSPS) is 12.8. The van der Waals surface area contributed by atoms with Gasteiger partial charge in [-0.05, 0) is 31.9 Å². The predicted molar refractivity (Wildman–Crippen MR) is 90.6 cm³/mol. The molecule has 25 heavy (non-hydrogen) atoms. The Balaban J connectivity index is 2.72. The zero-order valence-corrected chi connectivity index (χ0v) is 14.7. The van der Waals surface area contributed by atoms with Crippen LogP contribution >= 0.6 is 0 Å². The molecule has 0 aromatic heterocycles. The molecule has 0 fully saturated rings. The molecule has 2 atom stereocenters. The Hall–Kier alpha value is -2.90. The molecule has 4 amide bonds. The molecule has 8 nitrogen and oxygen atoms in total. The molecule has 1 aromatic rings. The molecule has 0 aliphatic heterocycles. The Morgan fingerprint density at radius 1 is 1.12 bits per heavy atom. The van der Waals surface area contributed by atoms with Gasteiger partial charge in [-0.2, -0.15) is 0 Å². The first kappa shape index (κ1) is 20.1. The molecule has 0 unspecified atom stereocenters. The zero-order chi connectivity index (χ0) is 19.1. The van der Waals surface area contributed by atoms with Crippen molar-refractivity contribution in [2.24, 2.45) is 11.7 Å². The van der Waals surface area contributed by atoms with Crippen molar-refractivity contribution < 1.29 is 23.9 Å². The van der Waals surface area contributed by atoms with Gasteiger partial charge in [0, 0.05) is 5.56 Å². The maximum Gasteiger partial charge on any atom is 0.329 e. The van der Waals surface area contributed by atoms with Crippen LogP contribution in [-0.2, 0) is 14.3 Å². The average molecular weight is 349 g/mol. The van der Waals surface area contributed by atoms with Gasteiger partial charge in [0.25, 0.3) is 11.8 Å². The van der Waals surface area contributed by atoms with Gasteiger partial charge in [-0.3, -0.25) is 14.9 Å². The maximum absolute atomic E-state index is 12.2. The van der Waals surface area contributed by atoms with Crippen LogP contribution in [0.25, 0.3) is 0 Å². The van der Waals surface area contributed by atoms with Gasteiger partial charge in [-0.15, -0.1) is 0 Å². The van der Waals surface area contributed by atoms with Crippen molar-refractivity contribution in [1.29, 1.82) is 0 Å². The van der Waals surface area contributed by atoms with E-state index in [1.165, 1.54) is 6.92 Å². The highest BCUT2D eigenvalue weighted by Gasteiger charge is 2.29. The summed E-state index contributed by atoms with van der Waals surface area (Å²) in [6, 6.07) is 4.88. The molecular formula is C17H23N3O5. The molecule has 0 heterocycles. The van der Waals surface area contributed by atoms with Gasteiger partial charge >= 0.3 is 12.0 Å². The first-order valence-electron chi connectivity index (χ1n) is 7.80. The Morgan fingerprint density at radius 2 is 1.76 bits per heavy atom. The second-order valence-electron chi connectivity index (χ2n) is 6.02. The summed E-state index contributed by atoms with van der Waals surface area (Å²) in [5, 5.41) is 4.39. The summed E-state index contributed by atoms with van der Waals surface area (Å²) in [6.07, 6.45) is -1.20. The van der Waals surface area contributed by atoms with Gasteiger partial charge in [-0.1, -0.05) is 31.5 Å². The Labute approximate surface area is 146 Å². The number of nitrogens with two attached hydrogens (primary N) is 1. The fourth-order valence-electron chi connectivity index (χ4n) is 2.04. The van der Waals surface area contributed by atoms with Crippen molar-refractivity contribution in [2.75, 3.05) is 0 Å². The number of carbonyl (C=O) groups excluding carboxylic acids is 4. The van der Waals surface area contributed by atoms with Crippen LogP contribution in [0.4, 0.5) is 4.79 Å². The van der Waals surface area contributed by atoms with Crippen LogP contribution in [0, 0.1) is 12.8 Å². The summed E-state index contributed by atoms with van der Waals surface area (Å²) in [5.74, 6) is -2.42. The highest BCUT2D eigenvalue weighted by molar-refractivity contribution is 5.98. The van der Waals surface area contributed by atoms with Crippen molar-refractivity contribution in [3.05, 3.63) is 35.4 Å². The minimum atomic E-state index is -1.20. The van der Waals surface area contributed by atoms with Crippen LogP contribution in [0.15, 0.2) is 24.3 Å². The Kier molecular flexibility index (Phi) is 7.10. The molecule has 1 aromatic carbocycles. The molecule has 0 spiro atoms. The molecule has 1 rings (SSSR count). The Morgan fingerprint density at radius 3 is 2.28 bits per heavy atom. The molecule has 0 saturated carbocycles. The number of urea groups is 1. The quantitative estimate of drug-likeness (QED) is 0.657. The van der Waals surface area contributed by atoms with E-state index in [9.17, 15) is 19.2 Å². The first-order chi connectivity index (χ1) is 11.6. The molecule has 0 aliphatic carbocycles. The van der Waals surface area contributed by atoms with Crippen molar-refractivity contribution in [2.45, 2.75) is 39.8 Å². The van der Waals surface area contributed by atoms with Gasteiger partial charge in [0.15, 0.2) is 6.10 Å². The number of ether oxygens (including phenoxy) is 1. The molecule has 0 radical (unpaired) electrons. The molecule has 4 N–H and O–H groups in total. The standard InChI is InChI=1S/C17H23N3O5/c1-9(2)13(15(22)20-17(18)24)25-16(23)11(4)19-14(21)12-7-5-6-10(3)8-12/h5-9,11,13H,1-4H3,(H,19,21)(H3,18,20,22,24)/t11-,13-/m0/s1. The first-order valence-corrected chi connectivity index (χ1v) is 7.80. The lowest BCUT2D eigenvalue weighted by Crippen LogP contribution is -2.48. The van der Waals surface area contributed by atoms with E-state index in [0.717, 1.165) is 5.56 Å². The smallest absolute Gasteiger partial charge is 0.329 e. The topological polar surface area (TPSA) is 128 Å². The summed E-state index contributed by atoms with van der Waals surface area (Å²) >= 11 is 0. The minimum absolute atomic E-state index is 0.386. The zero-order valence-electron chi connectivity index (χ0n) is 14.7. The number of esters is 1. The van der Waals surface area contributed by atoms with E-state index in [2.05, 4.69) is 5.32 Å². The summed E-state index contributed by atoms with van der Waals surface area (Å²) in [7, 11) is 0. The van der Waals surface area contributed by atoms with E-state index >= 15 is 0 Å². The number of nitrogens with one attached hydrogen (secondary N) is 2. The number of benzene rings is 1. The van der Waals surface area contributed by atoms with Gasteiger partial charge in [0.05, 0.1) is 0 Å². The summed E-state index contributed by atoms with van der Waals surface area (Å²) in [6.45, 7) is 6.58. The maximum atomic E-state index is 12.2. The van der Waals surface area contributed by atoms with E-state index in [-0.39, 0.29) is 5.92 Å². The predicted octanol–water partition coefficient (Wildman–Crippen LogP) is 0.876. The highest BCUT2D eigenvalue weighted by atomic mass is 16.5. The van der Waals surface area contributed by atoms with Crippen molar-refractivity contribution in [3.8, 4) is 0 Å².